The maximum absolute atomic E-state index is 11.6. The summed E-state index contributed by atoms with van der Waals surface area (Å²) < 4.78 is 10.3. The smallest absolute Gasteiger partial charge is 0.246 e. The van der Waals surface area contributed by atoms with Crippen LogP contribution < -0.4 is 5.32 Å². The second-order valence-electron chi connectivity index (χ2n) is 4.92. The molecule has 0 radical (unpaired) electrons. The number of carbonyl (C=O) groups excluding carboxylic acids is 1. The van der Waals surface area contributed by atoms with E-state index in [2.05, 4.69) is 17.4 Å². The summed E-state index contributed by atoms with van der Waals surface area (Å²) in [7, 11) is 1.53. The van der Waals surface area contributed by atoms with E-state index in [1.165, 1.54) is 12.0 Å². The molecule has 110 valence electrons. The van der Waals surface area contributed by atoms with Crippen molar-refractivity contribution >= 4 is 17.7 Å². The molecule has 1 saturated heterocycles. The third-order valence-electron chi connectivity index (χ3n) is 3.36. The zero-order valence-corrected chi connectivity index (χ0v) is 12.6. The highest BCUT2D eigenvalue weighted by atomic mass is 32.2. The Morgan fingerprint density at radius 1 is 1.35 bits per heavy atom. The Bertz CT molecular complexity index is 418. The van der Waals surface area contributed by atoms with E-state index < -0.39 is 0 Å². The van der Waals surface area contributed by atoms with E-state index in [9.17, 15) is 4.79 Å². The molecule has 0 saturated carbocycles. The number of amides is 1. The van der Waals surface area contributed by atoms with Gasteiger partial charge in [-0.1, -0.05) is 18.2 Å². The molecule has 1 aliphatic rings. The van der Waals surface area contributed by atoms with Gasteiger partial charge in [0.05, 0.1) is 0 Å². The third-order valence-corrected chi connectivity index (χ3v) is 4.86. The van der Waals surface area contributed by atoms with Crippen LogP contribution in [0.25, 0.3) is 0 Å². The third kappa shape index (κ3) is 4.51. The van der Waals surface area contributed by atoms with Crippen molar-refractivity contribution in [1.82, 2.24) is 5.32 Å². The minimum absolute atomic E-state index is 0.0169. The molecule has 0 spiro atoms. The summed E-state index contributed by atoms with van der Waals surface area (Å²) in [5.74, 6) is -0.0629. The Morgan fingerprint density at radius 2 is 2.05 bits per heavy atom. The number of ether oxygens (including phenoxy) is 2. The van der Waals surface area contributed by atoms with E-state index in [4.69, 9.17) is 9.47 Å². The van der Waals surface area contributed by atoms with Gasteiger partial charge in [0.15, 0.2) is 0 Å². The van der Waals surface area contributed by atoms with Crippen LogP contribution >= 0.6 is 11.8 Å². The normalized spacial score (nSPS) is 17.6. The SMILES string of the molecule is COCC(=O)NCC1(Sc2ccccc2)CCOCC1. The number of methoxy groups -OCH3 is 1. The molecule has 1 N–H and O–H groups in total. The van der Waals surface area contributed by atoms with E-state index in [1.807, 2.05) is 30.0 Å². The first-order valence-corrected chi connectivity index (χ1v) is 7.63. The lowest BCUT2D eigenvalue weighted by Gasteiger charge is -2.36. The molecule has 0 unspecified atom stereocenters. The molecule has 0 bridgehead atoms. The summed E-state index contributed by atoms with van der Waals surface area (Å²) in [5, 5.41) is 2.97. The molecular weight excluding hydrogens is 274 g/mol. The van der Waals surface area contributed by atoms with Gasteiger partial charge in [-0.3, -0.25) is 4.79 Å². The second-order valence-corrected chi connectivity index (χ2v) is 6.46. The van der Waals surface area contributed by atoms with Crippen molar-refractivity contribution in [1.29, 1.82) is 0 Å². The molecule has 1 aliphatic heterocycles. The fraction of sp³-hybridized carbons (Fsp3) is 0.533. The van der Waals surface area contributed by atoms with Gasteiger partial charge in [-0.25, -0.2) is 0 Å². The Hall–Kier alpha value is -1.04. The van der Waals surface area contributed by atoms with Gasteiger partial charge >= 0.3 is 0 Å². The Morgan fingerprint density at radius 3 is 2.70 bits per heavy atom. The highest BCUT2D eigenvalue weighted by Gasteiger charge is 2.34. The van der Waals surface area contributed by atoms with Crippen molar-refractivity contribution in [3.63, 3.8) is 0 Å². The van der Waals surface area contributed by atoms with E-state index in [0.717, 1.165) is 26.1 Å². The van der Waals surface area contributed by atoms with E-state index in [0.29, 0.717) is 6.54 Å². The summed E-state index contributed by atoms with van der Waals surface area (Å²) in [4.78, 5) is 12.8. The fourth-order valence-electron chi connectivity index (χ4n) is 2.24. The molecule has 20 heavy (non-hydrogen) atoms. The molecule has 1 aromatic rings. The molecule has 5 heteroatoms. The number of hydrogen-bond acceptors (Lipinski definition) is 4. The largest absolute Gasteiger partial charge is 0.381 e. The second kappa shape index (κ2) is 7.67. The molecule has 1 heterocycles. The number of carbonyl (C=O) groups is 1. The summed E-state index contributed by atoms with van der Waals surface area (Å²) >= 11 is 1.84. The van der Waals surface area contributed by atoms with E-state index >= 15 is 0 Å². The van der Waals surface area contributed by atoms with E-state index in [-0.39, 0.29) is 17.3 Å². The minimum Gasteiger partial charge on any atom is -0.381 e. The molecule has 1 aromatic carbocycles. The van der Waals surface area contributed by atoms with E-state index in [1.54, 1.807) is 0 Å². The lowest BCUT2D eigenvalue weighted by atomic mass is 9.99. The van der Waals surface area contributed by atoms with Crippen LogP contribution in [-0.2, 0) is 14.3 Å². The molecule has 4 nitrogen and oxygen atoms in total. The molecular formula is C15H21NO3S. The molecule has 2 rings (SSSR count). The van der Waals surface area contributed by atoms with Crippen LogP contribution in [0.4, 0.5) is 0 Å². The van der Waals surface area contributed by atoms with Crippen molar-refractivity contribution in [2.24, 2.45) is 0 Å². The van der Waals surface area contributed by atoms with Crippen LogP contribution in [0.5, 0.6) is 0 Å². The topological polar surface area (TPSA) is 47.6 Å². The zero-order chi connectivity index (χ0) is 14.3. The summed E-state index contributed by atoms with van der Waals surface area (Å²) in [6.07, 6.45) is 1.89. The molecule has 1 amide bonds. The van der Waals surface area contributed by atoms with Crippen LogP contribution in [0.2, 0.25) is 0 Å². The summed E-state index contributed by atoms with van der Waals surface area (Å²) in [6.45, 7) is 2.26. The van der Waals surface area contributed by atoms with Gasteiger partial charge in [0.2, 0.25) is 5.91 Å². The van der Waals surface area contributed by atoms with Gasteiger partial charge in [-0.2, -0.15) is 0 Å². The summed E-state index contributed by atoms with van der Waals surface area (Å²) in [5.41, 5.74) is 0. The van der Waals surface area contributed by atoms with Gasteiger partial charge in [-0.05, 0) is 25.0 Å². The highest BCUT2D eigenvalue weighted by Crippen LogP contribution is 2.39. The number of rotatable bonds is 6. The van der Waals surface area contributed by atoms with Gasteiger partial charge in [0.25, 0.3) is 0 Å². The van der Waals surface area contributed by atoms with Crippen LogP contribution in [0, 0.1) is 0 Å². The highest BCUT2D eigenvalue weighted by molar-refractivity contribution is 8.00. The monoisotopic (exact) mass is 295 g/mol. The summed E-state index contributed by atoms with van der Waals surface area (Å²) in [6, 6.07) is 10.3. The first-order chi connectivity index (χ1) is 9.74. The maximum Gasteiger partial charge on any atom is 0.246 e. The average molecular weight is 295 g/mol. The van der Waals surface area contributed by atoms with Crippen molar-refractivity contribution in [3.05, 3.63) is 30.3 Å². The first kappa shape index (κ1) is 15.4. The van der Waals surface area contributed by atoms with Crippen LogP contribution in [-0.4, -0.2) is 44.1 Å². The zero-order valence-electron chi connectivity index (χ0n) is 11.8. The van der Waals surface area contributed by atoms with Gasteiger partial charge in [0, 0.05) is 36.5 Å². The quantitative estimate of drug-likeness (QED) is 0.873. The Labute approximate surface area is 124 Å². The Kier molecular flexibility index (Phi) is 5.88. The molecule has 0 aliphatic carbocycles. The predicted molar refractivity (Wildman–Crippen MR) is 80.0 cm³/mol. The molecule has 1 fully saturated rings. The van der Waals surface area contributed by atoms with Crippen molar-refractivity contribution in [2.45, 2.75) is 22.5 Å². The van der Waals surface area contributed by atoms with Crippen LogP contribution in [0.15, 0.2) is 35.2 Å². The van der Waals surface area contributed by atoms with Crippen LogP contribution in [0.1, 0.15) is 12.8 Å². The number of hydrogen-bond donors (Lipinski definition) is 1. The van der Waals surface area contributed by atoms with Crippen molar-refractivity contribution in [3.8, 4) is 0 Å². The fourth-order valence-corrected chi connectivity index (χ4v) is 3.55. The minimum atomic E-state index is -0.0629. The van der Waals surface area contributed by atoms with Gasteiger partial charge in [0.1, 0.15) is 6.61 Å². The Balaban J connectivity index is 1.99. The maximum atomic E-state index is 11.6. The van der Waals surface area contributed by atoms with Crippen LogP contribution in [0.3, 0.4) is 0 Å². The standard InChI is InChI=1S/C15H21NO3S/c1-18-11-14(17)16-12-15(7-9-19-10-8-15)20-13-5-3-2-4-6-13/h2-6H,7-12H2,1H3,(H,16,17). The molecule has 0 aromatic heterocycles. The van der Waals surface area contributed by atoms with Crippen molar-refractivity contribution < 1.29 is 14.3 Å². The lowest BCUT2D eigenvalue weighted by Crippen LogP contribution is -2.45. The molecule has 0 atom stereocenters. The number of nitrogens with one attached hydrogen (secondary N) is 1. The average Bonchev–Trinajstić information content (AvgIpc) is 2.48. The predicted octanol–water partition coefficient (Wildman–Crippen LogP) is 2.09. The van der Waals surface area contributed by atoms with Gasteiger partial charge in [-0.15, -0.1) is 11.8 Å². The first-order valence-electron chi connectivity index (χ1n) is 6.82. The van der Waals surface area contributed by atoms with Crippen molar-refractivity contribution in [2.75, 3.05) is 33.5 Å². The number of thioether (sulfide) groups is 1. The number of benzene rings is 1. The van der Waals surface area contributed by atoms with Gasteiger partial charge < -0.3 is 14.8 Å². The lowest BCUT2D eigenvalue weighted by molar-refractivity contribution is -0.124.